The van der Waals surface area contributed by atoms with Gasteiger partial charge < -0.3 is 43.8 Å². The Morgan fingerprint density at radius 3 is 2.49 bits per heavy atom. The number of ether oxygens (including phenoxy) is 5. The molecule has 2 aromatic heterocycles. The van der Waals surface area contributed by atoms with Gasteiger partial charge in [-0.3, -0.25) is 24.7 Å². The summed E-state index contributed by atoms with van der Waals surface area (Å²) in [7, 11) is -4.70. The van der Waals surface area contributed by atoms with Crippen molar-refractivity contribution in [2.75, 3.05) is 94.1 Å². The number of carbonyl (C=O) groups is 1. The maximum atomic E-state index is 14.9. The molecule has 5 atom stereocenters. The fraction of sp³-hybridized carbons (Fsp3) is 0.536. The average molecular weight is 1060 g/mol. The topological polar surface area (TPSA) is 206 Å². The molecule has 0 unspecified atom stereocenters. The van der Waals surface area contributed by atoms with E-state index in [1.54, 1.807) is 6.07 Å². The van der Waals surface area contributed by atoms with Crippen molar-refractivity contribution in [2.45, 2.75) is 106 Å². The standard InChI is InChI=1S/C56H67N9O10S/c1-35-5-2-3-7-42(35)49-31-62(39-6-4-21-72-32-39)19-20-63(49)40-29-56(30-40)14-17-61(18-15-56)38-8-9-43(46(26-38)64-45-13-24-73-34-51(45)75-55-48(64)25-37-10-16-57-53(37)59-55)54(66)60-76(69,70)41-27-47(65(67)68)52-50(28-41)74-33-44(58-52)36-11-22-71-23-12-36/h2-3,5,7-10,16,25-28,36,39-40,44-45,49,51,58H,4,6,11-15,17-24,29-34H2,1H3,(H,57,59)(H,60,66)/t39-,44-,45-,49-,51-/m0/s1. The number of amides is 1. The fourth-order valence-corrected chi connectivity index (χ4v) is 14.9. The molecule has 402 valence electrons. The third kappa shape index (κ3) is 9.21. The molecule has 0 bridgehead atoms. The zero-order chi connectivity index (χ0) is 51.7. The van der Waals surface area contributed by atoms with Crippen molar-refractivity contribution in [3.63, 3.8) is 0 Å². The van der Waals surface area contributed by atoms with E-state index in [1.165, 1.54) is 23.6 Å². The predicted octanol–water partition coefficient (Wildman–Crippen LogP) is 7.47. The number of pyridine rings is 1. The fourth-order valence-electron chi connectivity index (χ4n) is 13.9. The highest BCUT2D eigenvalue weighted by molar-refractivity contribution is 7.90. The number of piperidine rings is 1. The van der Waals surface area contributed by atoms with Crippen LogP contribution in [0.25, 0.3) is 11.0 Å². The molecule has 8 aliphatic rings. The molecule has 1 amide bonds. The second kappa shape index (κ2) is 20.1. The van der Waals surface area contributed by atoms with Crippen molar-refractivity contribution in [2.24, 2.45) is 11.3 Å². The summed E-state index contributed by atoms with van der Waals surface area (Å²) in [6, 6.07) is 21.5. The first kappa shape index (κ1) is 49.5. The molecule has 3 N–H and O–H groups in total. The van der Waals surface area contributed by atoms with Crippen molar-refractivity contribution in [3.05, 3.63) is 99.7 Å². The summed E-state index contributed by atoms with van der Waals surface area (Å²) in [6.45, 7) is 10.9. The Kier molecular flexibility index (Phi) is 13.1. The third-order valence-electron chi connectivity index (χ3n) is 18.1. The number of anilines is 4. The molecular formula is C56H67N9O10S. The molecule has 1 spiro atoms. The molecule has 20 heteroatoms. The third-order valence-corrected chi connectivity index (χ3v) is 19.4. The number of aromatic nitrogens is 2. The number of nitro benzene ring substituents is 1. The van der Waals surface area contributed by atoms with E-state index in [1.807, 2.05) is 30.5 Å². The van der Waals surface area contributed by atoms with Gasteiger partial charge in [-0.25, -0.2) is 13.1 Å². The molecule has 5 aromatic rings. The van der Waals surface area contributed by atoms with E-state index < -0.39 is 37.5 Å². The molecular weight excluding hydrogens is 991 g/mol. The average Bonchev–Trinajstić information content (AvgIpc) is 3.97. The number of nitro groups is 1. The van der Waals surface area contributed by atoms with Crippen LogP contribution in [-0.2, 0) is 24.2 Å². The number of nitrogens with zero attached hydrogens (tertiary/aromatic N) is 6. The van der Waals surface area contributed by atoms with Crippen molar-refractivity contribution in [3.8, 4) is 11.6 Å². The lowest BCUT2D eigenvalue weighted by Crippen LogP contribution is -2.61. The van der Waals surface area contributed by atoms with E-state index in [0.29, 0.717) is 73.9 Å². The van der Waals surface area contributed by atoms with Crippen LogP contribution in [0.4, 0.5) is 28.4 Å². The highest BCUT2D eigenvalue weighted by Gasteiger charge is 2.51. The van der Waals surface area contributed by atoms with Gasteiger partial charge in [0.25, 0.3) is 21.6 Å². The second-order valence-electron chi connectivity index (χ2n) is 22.4. The van der Waals surface area contributed by atoms with Crippen LogP contribution in [0.5, 0.6) is 11.6 Å². The van der Waals surface area contributed by atoms with Crippen LogP contribution in [0, 0.1) is 28.4 Å². The molecule has 5 saturated heterocycles. The van der Waals surface area contributed by atoms with Gasteiger partial charge in [-0.2, -0.15) is 4.98 Å². The Hall–Kier alpha value is -6.03. The molecule has 76 heavy (non-hydrogen) atoms. The lowest BCUT2D eigenvalue weighted by atomic mass is 9.59. The van der Waals surface area contributed by atoms with Crippen LogP contribution < -0.4 is 29.3 Å². The number of aryl methyl sites for hydroxylation is 1. The first-order valence-corrected chi connectivity index (χ1v) is 28.9. The van der Waals surface area contributed by atoms with Crippen molar-refractivity contribution < 1.29 is 41.8 Å². The summed E-state index contributed by atoms with van der Waals surface area (Å²) < 4.78 is 61.1. The van der Waals surface area contributed by atoms with E-state index in [-0.39, 0.29) is 47.0 Å². The van der Waals surface area contributed by atoms with E-state index >= 15 is 0 Å². The van der Waals surface area contributed by atoms with E-state index in [4.69, 9.17) is 28.7 Å². The minimum absolute atomic E-state index is 0.0326. The molecule has 1 aliphatic carbocycles. The number of piperazine rings is 1. The molecule has 6 fully saturated rings. The van der Waals surface area contributed by atoms with Gasteiger partial charge in [-0.15, -0.1) is 0 Å². The summed E-state index contributed by atoms with van der Waals surface area (Å²) in [5.41, 5.74) is 5.50. The number of benzene rings is 3. The number of nitrogens with one attached hydrogen (secondary N) is 3. The maximum Gasteiger partial charge on any atom is 0.297 e. The first-order chi connectivity index (χ1) is 37.0. The summed E-state index contributed by atoms with van der Waals surface area (Å²) in [6.07, 6.45) is 10.2. The summed E-state index contributed by atoms with van der Waals surface area (Å²) in [4.78, 5) is 44.4. The molecule has 13 rings (SSSR count). The zero-order valence-electron chi connectivity index (χ0n) is 43.0. The number of hydrogen-bond acceptors (Lipinski definition) is 16. The molecule has 19 nitrogen and oxygen atoms in total. The zero-order valence-corrected chi connectivity index (χ0v) is 43.8. The van der Waals surface area contributed by atoms with Gasteiger partial charge in [-0.05, 0) is 118 Å². The molecule has 9 heterocycles. The summed E-state index contributed by atoms with van der Waals surface area (Å²) >= 11 is 0. The van der Waals surface area contributed by atoms with Gasteiger partial charge in [0.15, 0.2) is 11.4 Å². The maximum absolute atomic E-state index is 14.9. The SMILES string of the molecule is Cc1ccccc1[C@@H]1CN([C@H]2CCCOC2)CCN1C1CC2(CCN(c3ccc(C(=O)NS(=O)(=O)c4cc5c(c([N+](=O)[O-])c4)N[C@H](C4CCOCC4)CO5)c(N4c5cc6cc[nH]c6nc5O[C@H]5COCC[C@@H]54)c3)CC2)C1. The molecule has 7 aliphatic heterocycles. The Morgan fingerprint density at radius 2 is 1.68 bits per heavy atom. The van der Waals surface area contributed by atoms with Gasteiger partial charge in [0, 0.05) is 107 Å². The number of hydrogen-bond donors (Lipinski definition) is 3. The van der Waals surface area contributed by atoms with Gasteiger partial charge in [0.1, 0.15) is 24.0 Å². The number of fused-ring (bicyclic) bond motifs is 4. The molecule has 3 aromatic carbocycles. The smallest absolute Gasteiger partial charge is 0.297 e. The van der Waals surface area contributed by atoms with Gasteiger partial charge in [0.2, 0.25) is 5.88 Å². The van der Waals surface area contributed by atoms with Crippen LogP contribution >= 0.6 is 0 Å². The van der Waals surface area contributed by atoms with E-state index in [2.05, 4.69) is 65.8 Å². The quantitative estimate of drug-likeness (QED) is 0.0916. The van der Waals surface area contributed by atoms with Crippen LogP contribution in [0.1, 0.15) is 85.3 Å². The lowest BCUT2D eigenvalue weighted by molar-refractivity contribution is -0.384. The minimum atomic E-state index is -4.70. The molecule has 1 saturated carbocycles. The summed E-state index contributed by atoms with van der Waals surface area (Å²) in [5, 5.41) is 16.7. The Bertz CT molecular complexity index is 3130. The van der Waals surface area contributed by atoms with Gasteiger partial charge >= 0.3 is 0 Å². The largest absolute Gasteiger partial charge is 0.489 e. The molecule has 0 radical (unpaired) electrons. The number of rotatable bonds is 10. The Morgan fingerprint density at radius 1 is 0.868 bits per heavy atom. The second-order valence-corrected chi connectivity index (χ2v) is 24.1. The first-order valence-electron chi connectivity index (χ1n) is 27.4. The van der Waals surface area contributed by atoms with Crippen LogP contribution in [0.2, 0.25) is 0 Å². The van der Waals surface area contributed by atoms with Gasteiger partial charge in [-0.1, -0.05) is 24.3 Å². The summed E-state index contributed by atoms with van der Waals surface area (Å²) in [5.74, 6) is -0.314. The van der Waals surface area contributed by atoms with Crippen LogP contribution in [0.3, 0.4) is 0 Å². The van der Waals surface area contributed by atoms with Crippen LogP contribution in [-0.4, -0.2) is 148 Å². The van der Waals surface area contributed by atoms with Crippen molar-refractivity contribution in [1.29, 1.82) is 0 Å². The number of aromatic amines is 1. The predicted molar refractivity (Wildman–Crippen MR) is 285 cm³/mol. The lowest BCUT2D eigenvalue weighted by Gasteiger charge is -2.59. The monoisotopic (exact) mass is 1060 g/mol. The van der Waals surface area contributed by atoms with E-state index in [0.717, 1.165) is 108 Å². The van der Waals surface area contributed by atoms with Crippen LogP contribution in [0.15, 0.2) is 77.8 Å². The number of sulfonamides is 1. The normalized spacial score (nSPS) is 26.3. The Labute approximate surface area is 442 Å². The Balaban J connectivity index is 0.781. The highest BCUT2D eigenvalue weighted by atomic mass is 32.2. The van der Waals surface area contributed by atoms with E-state index in [9.17, 15) is 23.3 Å². The van der Waals surface area contributed by atoms with Crippen molar-refractivity contribution in [1.82, 2.24) is 24.5 Å². The number of carbonyl (C=O) groups excluding carboxylic acids is 1. The van der Waals surface area contributed by atoms with Crippen molar-refractivity contribution >= 4 is 55.4 Å². The highest BCUT2D eigenvalue weighted by Crippen LogP contribution is 2.54. The number of H-pyrrole nitrogens is 1. The van der Waals surface area contributed by atoms with Gasteiger partial charge in [0.05, 0.1) is 46.4 Å². The minimum Gasteiger partial charge on any atom is -0.489 e.